The zero-order valence-corrected chi connectivity index (χ0v) is 19.0. The van der Waals surface area contributed by atoms with Gasteiger partial charge < -0.3 is 23.8 Å². The lowest BCUT2D eigenvalue weighted by Crippen LogP contribution is -2.37. The van der Waals surface area contributed by atoms with Gasteiger partial charge in [0.2, 0.25) is 5.88 Å². The zero-order chi connectivity index (χ0) is 23.9. The van der Waals surface area contributed by atoms with E-state index in [1.807, 2.05) is 4.90 Å². The number of rotatable bonds is 9. The van der Waals surface area contributed by atoms with E-state index in [1.165, 1.54) is 30.3 Å². The molecule has 0 bridgehead atoms. The lowest BCUT2D eigenvalue weighted by atomic mass is 10.1. The number of aromatic nitrogens is 1. The number of nitrogens with zero attached hydrogens (tertiary/aromatic N) is 3. The molecule has 1 amide bonds. The topological polar surface area (TPSA) is 68.0 Å². The van der Waals surface area contributed by atoms with Crippen LogP contribution in [0.3, 0.4) is 0 Å². The fourth-order valence-corrected chi connectivity index (χ4v) is 3.94. The van der Waals surface area contributed by atoms with E-state index in [-0.39, 0.29) is 23.8 Å². The van der Waals surface area contributed by atoms with Crippen LogP contribution in [-0.2, 0) is 16.0 Å². The molecule has 0 N–H and O–H groups in total. The summed E-state index contributed by atoms with van der Waals surface area (Å²) in [5.74, 6) is -0.598. The number of hydrogen-bond donors (Lipinski definition) is 0. The second-order valence-electron chi connectivity index (χ2n) is 8.00. The van der Waals surface area contributed by atoms with Crippen molar-refractivity contribution in [1.82, 2.24) is 10.1 Å². The Kier molecular flexibility index (Phi) is 7.87. The van der Waals surface area contributed by atoms with Gasteiger partial charge in [0.25, 0.3) is 5.91 Å². The van der Waals surface area contributed by atoms with Crippen molar-refractivity contribution in [3.63, 3.8) is 0 Å². The second-order valence-corrected chi connectivity index (χ2v) is 8.00. The number of morpholine rings is 1. The van der Waals surface area contributed by atoms with Gasteiger partial charge in [-0.15, -0.1) is 0 Å². The Balaban J connectivity index is 1.71. The van der Waals surface area contributed by atoms with E-state index in [4.69, 9.17) is 14.0 Å². The second kappa shape index (κ2) is 11.2. The molecule has 2 heterocycles. The van der Waals surface area contributed by atoms with Crippen LogP contribution in [0.15, 0.2) is 53.1 Å². The van der Waals surface area contributed by atoms with Crippen molar-refractivity contribution in [3.8, 4) is 11.3 Å². The summed E-state index contributed by atoms with van der Waals surface area (Å²) >= 11 is 0. The maximum Gasteiger partial charge on any atom is 0.254 e. The summed E-state index contributed by atoms with van der Waals surface area (Å²) in [6, 6.07) is 11.6. The van der Waals surface area contributed by atoms with Crippen LogP contribution in [0.5, 0.6) is 0 Å². The zero-order valence-electron chi connectivity index (χ0n) is 19.0. The van der Waals surface area contributed by atoms with Crippen LogP contribution < -0.4 is 4.90 Å². The van der Waals surface area contributed by atoms with Gasteiger partial charge in [-0.2, -0.15) is 0 Å². The van der Waals surface area contributed by atoms with E-state index in [0.717, 1.165) is 0 Å². The quantitative estimate of drug-likeness (QED) is 0.437. The van der Waals surface area contributed by atoms with Gasteiger partial charge >= 0.3 is 0 Å². The minimum atomic E-state index is -0.478. The molecule has 1 fully saturated rings. The maximum atomic E-state index is 13.8. The van der Waals surface area contributed by atoms with Crippen molar-refractivity contribution in [2.75, 3.05) is 51.5 Å². The number of hydrogen-bond acceptors (Lipinski definition) is 6. The van der Waals surface area contributed by atoms with Crippen LogP contribution in [0.2, 0.25) is 0 Å². The molecule has 0 atom stereocenters. The van der Waals surface area contributed by atoms with Crippen LogP contribution in [0.4, 0.5) is 14.7 Å². The third kappa shape index (κ3) is 5.60. The third-order valence-corrected chi connectivity index (χ3v) is 5.67. The molecular formula is C25H27F2N3O4. The summed E-state index contributed by atoms with van der Waals surface area (Å²) in [6.45, 7) is 3.37. The van der Waals surface area contributed by atoms with Crippen LogP contribution in [0.25, 0.3) is 11.3 Å². The van der Waals surface area contributed by atoms with E-state index < -0.39 is 5.82 Å². The van der Waals surface area contributed by atoms with Gasteiger partial charge in [0.15, 0.2) is 0 Å². The highest BCUT2D eigenvalue weighted by Crippen LogP contribution is 2.33. The fraction of sp³-hybridized carbons (Fsp3) is 0.360. The molecule has 180 valence electrons. The molecule has 0 spiro atoms. The summed E-state index contributed by atoms with van der Waals surface area (Å²) in [6.07, 6.45) is 0.599. The first-order chi connectivity index (χ1) is 16.6. The SMILES string of the molecule is COCCCN(Cc1c(-c2ccc(F)cc2)noc1N1CCOCC1)C(=O)c1cccc(F)c1. The molecule has 3 aromatic rings. The largest absolute Gasteiger partial charge is 0.385 e. The summed E-state index contributed by atoms with van der Waals surface area (Å²) in [5, 5.41) is 4.28. The molecule has 34 heavy (non-hydrogen) atoms. The Bertz CT molecular complexity index is 1100. The van der Waals surface area contributed by atoms with Crippen LogP contribution in [-0.4, -0.2) is 62.5 Å². The van der Waals surface area contributed by atoms with Gasteiger partial charge in [-0.25, -0.2) is 8.78 Å². The highest BCUT2D eigenvalue weighted by Gasteiger charge is 2.27. The average Bonchev–Trinajstić information content (AvgIpc) is 3.27. The predicted octanol–water partition coefficient (Wildman–Crippen LogP) is 4.14. The highest BCUT2D eigenvalue weighted by molar-refractivity contribution is 5.94. The van der Waals surface area contributed by atoms with E-state index in [9.17, 15) is 13.6 Å². The molecule has 1 saturated heterocycles. The standard InChI is InChI=1S/C25H27F2N3O4/c1-32-13-3-10-30(24(31)19-4-2-5-21(27)16-19)17-22-23(18-6-8-20(26)9-7-18)28-34-25(22)29-11-14-33-15-12-29/h2,4-9,16H,3,10-15,17H2,1H3. The summed E-state index contributed by atoms with van der Waals surface area (Å²) in [7, 11) is 1.60. The first-order valence-electron chi connectivity index (χ1n) is 11.2. The van der Waals surface area contributed by atoms with Gasteiger partial charge in [0, 0.05) is 44.5 Å². The molecule has 1 aromatic heterocycles. The normalized spacial score (nSPS) is 13.8. The smallest absolute Gasteiger partial charge is 0.254 e. The molecule has 0 saturated carbocycles. The molecule has 1 aliphatic heterocycles. The van der Waals surface area contributed by atoms with Crippen LogP contribution in [0.1, 0.15) is 22.3 Å². The number of methoxy groups -OCH3 is 1. The Morgan fingerprint density at radius 2 is 1.88 bits per heavy atom. The number of ether oxygens (including phenoxy) is 2. The Labute approximate surface area is 196 Å². The summed E-state index contributed by atoms with van der Waals surface area (Å²) in [5.41, 5.74) is 2.17. The molecule has 0 radical (unpaired) electrons. The minimum absolute atomic E-state index is 0.183. The number of carbonyl (C=O) groups excluding carboxylic acids is 1. The molecule has 1 aliphatic rings. The van der Waals surface area contributed by atoms with E-state index in [0.29, 0.717) is 68.6 Å². The van der Waals surface area contributed by atoms with E-state index in [1.54, 1.807) is 30.2 Å². The third-order valence-electron chi connectivity index (χ3n) is 5.67. The monoisotopic (exact) mass is 471 g/mol. The summed E-state index contributed by atoms with van der Waals surface area (Å²) < 4.78 is 43.8. The van der Waals surface area contributed by atoms with Gasteiger partial charge in [-0.3, -0.25) is 4.79 Å². The first kappa shape index (κ1) is 23.8. The Morgan fingerprint density at radius 1 is 1.12 bits per heavy atom. The molecule has 4 rings (SSSR count). The maximum absolute atomic E-state index is 13.8. The predicted molar refractivity (Wildman–Crippen MR) is 123 cm³/mol. The number of halogens is 2. The van der Waals surface area contributed by atoms with Gasteiger partial charge in [0.1, 0.15) is 17.3 Å². The van der Waals surface area contributed by atoms with Crippen LogP contribution in [0, 0.1) is 11.6 Å². The van der Waals surface area contributed by atoms with Crippen molar-refractivity contribution >= 4 is 11.8 Å². The molecule has 7 nitrogen and oxygen atoms in total. The van der Waals surface area contributed by atoms with E-state index in [2.05, 4.69) is 5.16 Å². The van der Waals surface area contributed by atoms with E-state index >= 15 is 0 Å². The summed E-state index contributed by atoms with van der Waals surface area (Å²) in [4.78, 5) is 17.0. The van der Waals surface area contributed by atoms with Crippen molar-refractivity contribution < 1.29 is 27.6 Å². The van der Waals surface area contributed by atoms with Crippen LogP contribution >= 0.6 is 0 Å². The van der Waals surface area contributed by atoms with Gasteiger partial charge in [-0.1, -0.05) is 11.2 Å². The molecule has 2 aromatic carbocycles. The molecule has 9 heteroatoms. The van der Waals surface area contributed by atoms with Gasteiger partial charge in [0.05, 0.1) is 25.3 Å². The van der Waals surface area contributed by atoms with Crippen molar-refractivity contribution in [2.24, 2.45) is 0 Å². The van der Waals surface area contributed by atoms with Crippen molar-refractivity contribution in [1.29, 1.82) is 0 Å². The Morgan fingerprint density at radius 3 is 2.59 bits per heavy atom. The highest BCUT2D eigenvalue weighted by atomic mass is 19.1. The number of carbonyl (C=O) groups is 1. The fourth-order valence-electron chi connectivity index (χ4n) is 3.94. The number of benzene rings is 2. The molecule has 0 aliphatic carbocycles. The van der Waals surface area contributed by atoms with Crippen molar-refractivity contribution in [2.45, 2.75) is 13.0 Å². The number of amides is 1. The molecular weight excluding hydrogens is 444 g/mol. The Hall–Kier alpha value is -3.30. The minimum Gasteiger partial charge on any atom is -0.385 e. The lowest BCUT2D eigenvalue weighted by Gasteiger charge is -2.28. The lowest BCUT2D eigenvalue weighted by molar-refractivity contribution is 0.0723. The molecule has 0 unspecified atom stereocenters. The van der Waals surface area contributed by atoms with Crippen molar-refractivity contribution in [3.05, 3.63) is 71.3 Å². The number of anilines is 1. The first-order valence-corrected chi connectivity index (χ1v) is 11.2. The van der Waals surface area contributed by atoms with Gasteiger partial charge in [-0.05, 0) is 48.9 Å². The average molecular weight is 472 g/mol.